The average Bonchev–Trinajstić information content (AvgIpc) is 2.72. The van der Waals surface area contributed by atoms with E-state index in [0.29, 0.717) is 13.2 Å². The van der Waals surface area contributed by atoms with Crippen LogP contribution in [0.1, 0.15) is 24.8 Å². The summed E-state index contributed by atoms with van der Waals surface area (Å²) in [6, 6.07) is 9.57. The second-order valence-corrected chi connectivity index (χ2v) is 4.40. The molecular weight excluding hydrogens is 230 g/mol. The van der Waals surface area contributed by atoms with Crippen LogP contribution >= 0.6 is 0 Å². The van der Waals surface area contributed by atoms with Crippen LogP contribution in [0, 0.1) is 5.92 Å². The summed E-state index contributed by atoms with van der Waals surface area (Å²) in [5, 5.41) is 2.82. The molecule has 1 N–H and O–H groups in total. The summed E-state index contributed by atoms with van der Waals surface area (Å²) in [6.45, 7) is 2.70. The zero-order chi connectivity index (χ0) is 13.0. The molecule has 0 unspecified atom stereocenters. The molecule has 0 aromatic heterocycles. The van der Waals surface area contributed by atoms with Crippen LogP contribution in [0.2, 0.25) is 0 Å². The molecule has 0 radical (unpaired) electrons. The molecular formula is C14H17NO3. The predicted octanol–water partition coefficient (Wildman–Crippen LogP) is 1.47. The number of carbonyl (C=O) groups excluding carboxylic acids is 2. The summed E-state index contributed by atoms with van der Waals surface area (Å²) in [5.74, 6) is -0.495. The van der Waals surface area contributed by atoms with Crippen molar-refractivity contribution < 1.29 is 14.3 Å². The Morgan fingerprint density at radius 3 is 2.78 bits per heavy atom. The highest BCUT2D eigenvalue weighted by molar-refractivity contribution is 5.87. The molecule has 18 heavy (non-hydrogen) atoms. The zero-order valence-electron chi connectivity index (χ0n) is 10.4. The van der Waals surface area contributed by atoms with Gasteiger partial charge in [0.15, 0.2) is 0 Å². The predicted molar refractivity (Wildman–Crippen MR) is 66.9 cm³/mol. The molecule has 2 rings (SSSR count). The van der Waals surface area contributed by atoms with Crippen molar-refractivity contribution in [3.05, 3.63) is 35.9 Å². The molecule has 0 bridgehead atoms. The number of amides is 1. The fourth-order valence-electron chi connectivity index (χ4n) is 2.38. The lowest BCUT2D eigenvalue weighted by molar-refractivity contribution is -0.144. The molecule has 1 heterocycles. The number of hydrogen-bond acceptors (Lipinski definition) is 3. The van der Waals surface area contributed by atoms with Crippen molar-refractivity contribution in [3.63, 3.8) is 0 Å². The van der Waals surface area contributed by atoms with E-state index in [-0.39, 0.29) is 30.1 Å². The number of carbonyl (C=O) groups is 2. The minimum absolute atomic E-state index is 0.00417. The molecule has 1 fully saturated rings. The highest BCUT2D eigenvalue weighted by Crippen LogP contribution is 2.31. The standard InChI is InChI=1S/C14H17NO3/c1-2-18-12(16)8-11-9-15-14(17)13(11)10-6-4-3-5-7-10/h3-7,11,13H,2,8-9H2,1H3,(H,15,17)/t11-,13-/m1/s1. The topological polar surface area (TPSA) is 55.4 Å². The first-order valence-electron chi connectivity index (χ1n) is 6.20. The summed E-state index contributed by atoms with van der Waals surface area (Å²) in [6.07, 6.45) is 0.284. The van der Waals surface area contributed by atoms with E-state index in [1.54, 1.807) is 6.92 Å². The lowest BCUT2D eigenvalue weighted by atomic mass is 9.86. The summed E-state index contributed by atoms with van der Waals surface area (Å²) in [7, 11) is 0. The van der Waals surface area contributed by atoms with Crippen molar-refractivity contribution in [1.82, 2.24) is 5.32 Å². The Balaban J connectivity index is 2.11. The van der Waals surface area contributed by atoms with Crippen LogP contribution in [0.25, 0.3) is 0 Å². The first-order valence-corrected chi connectivity index (χ1v) is 6.20. The quantitative estimate of drug-likeness (QED) is 0.820. The molecule has 1 saturated heterocycles. The van der Waals surface area contributed by atoms with Crippen molar-refractivity contribution >= 4 is 11.9 Å². The Bertz CT molecular complexity index is 430. The minimum atomic E-state index is -0.240. The molecule has 4 heteroatoms. The van der Waals surface area contributed by atoms with Crippen LogP contribution in [-0.4, -0.2) is 25.0 Å². The van der Waals surface area contributed by atoms with Gasteiger partial charge in [0.1, 0.15) is 0 Å². The molecule has 1 aliphatic heterocycles. The van der Waals surface area contributed by atoms with Gasteiger partial charge in [-0.25, -0.2) is 0 Å². The second-order valence-electron chi connectivity index (χ2n) is 4.40. The van der Waals surface area contributed by atoms with E-state index < -0.39 is 0 Å². The molecule has 1 aliphatic rings. The van der Waals surface area contributed by atoms with E-state index in [9.17, 15) is 9.59 Å². The molecule has 2 atom stereocenters. The van der Waals surface area contributed by atoms with Crippen LogP contribution in [0.15, 0.2) is 30.3 Å². The Labute approximate surface area is 106 Å². The Hall–Kier alpha value is -1.84. The van der Waals surface area contributed by atoms with Crippen molar-refractivity contribution in [2.45, 2.75) is 19.3 Å². The van der Waals surface area contributed by atoms with E-state index in [1.807, 2.05) is 30.3 Å². The number of rotatable bonds is 4. The van der Waals surface area contributed by atoms with Crippen molar-refractivity contribution in [1.29, 1.82) is 0 Å². The second kappa shape index (κ2) is 5.67. The van der Waals surface area contributed by atoms with Gasteiger partial charge in [-0.05, 0) is 12.5 Å². The largest absolute Gasteiger partial charge is 0.466 e. The number of nitrogens with one attached hydrogen (secondary N) is 1. The smallest absolute Gasteiger partial charge is 0.306 e. The fourth-order valence-corrected chi connectivity index (χ4v) is 2.38. The molecule has 1 aromatic carbocycles. The third kappa shape index (κ3) is 2.70. The van der Waals surface area contributed by atoms with Crippen LogP contribution in [0.5, 0.6) is 0 Å². The van der Waals surface area contributed by atoms with Gasteiger partial charge < -0.3 is 10.1 Å². The van der Waals surface area contributed by atoms with E-state index in [1.165, 1.54) is 0 Å². The summed E-state index contributed by atoms with van der Waals surface area (Å²) < 4.78 is 4.95. The van der Waals surface area contributed by atoms with E-state index in [0.717, 1.165) is 5.56 Å². The van der Waals surface area contributed by atoms with Crippen molar-refractivity contribution in [2.24, 2.45) is 5.92 Å². The maximum absolute atomic E-state index is 11.9. The van der Waals surface area contributed by atoms with Gasteiger partial charge >= 0.3 is 5.97 Å². The van der Waals surface area contributed by atoms with Crippen molar-refractivity contribution in [2.75, 3.05) is 13.2 Å². The summed E-state index contributed by atoms with van der Waals surface area (Å²) >= 11 is 0. The highest BCUT2D eigenvalue weighted by Gasteiger charge is 2.37. The van der Waals surface area contributed by atoms with Gasteiger partial charge in [-0.1, -0.05) is 30.3 Å². The van der Waals surface area contributed by atoms with Crippen LogP contribution in [-0.2, 0) is 14.3 Å². The lowest BCUT2D eigenvalue weighted by Crippen LogP contribution is -2.19. The third-order valence-electron chi connectivity index (χ3n) is 3.19. The van der Waals surface area contributed by atoms with Crippen molar-refractivity contribution in [3.8, 4) is 0 Å². The van der Waals surface area contributed by atoms with Crippen LogP contribution in [0.4, 0.5) is 0 Å². The number of esters is 1. The number of ether oxygens (including phenoxy) is 1. The molecule has 0 aliphatic carbocycles. The van der Waals surface area contributed by atoms with Gasteiger partial charge in [0.2, 0.25) is 5.91 Å². The SMILES string of the molecule is CCOC(=O)C[C@@H]1CNC(=O)[C@@H]1c1ccccc1. The Morgan fingerprint density at radius 2 is 2.11 bits per heavy atom. The molecule has 1 aromatic rings. The maximum Gasteiger partial charge on any atom is 0.306 e. The monoisotopic (exact) mass is 247 g/mol. The fraction of sp³-hybridized carbons (Fsp3) is 0.429. The van der Waals surface area contributed by atoms with Gasteiger partial charge in [-0.2, -0.15) is 0 Å². The molecule has 0 spiro atoms. The summed E-state index contributed by atoms with van der Waals surface area (Å²) in [4.78, 5) is 23.4. The van der Waals surface area contributed by atoms with E-state index >= 15 is 0 Å². The lowest BCUT2D eigenvalue weighted by Gasteiger charge is -2.16. The third-order valence-corrected chi connectivity index (χ3v) is 3.19. The van der Waals surface area contributed by atoms with Gasteiger partial charge in [0.25, 0.3) is 0 Å². The molecule has 96 valence electrons. The normalized spacial score (nSPS) is 22.6. The first-order chi connectivity index (χ1) is 8.72. The van der Waals surface area contributed by atoms with Gasteiger partial charge in [-0.3, -0.25) is 9.59 Å². The Morgan fingerprint density at radius 1 is 1.39 bits per heavy atom. The first kappa shape index (κ1) is 12.6. The molecule has 0 saturated carbocycles. The van der Waals surface area contributed by atoms with Gasteiger partial charge in [0.05, 0.1) is 18.9 Å². The Kier molecular flexibility index (Phi) is 3.97. The van der Waals surface area contributed by atoms with E-state index in [2.05, 4.69) is 5.32 Å². The van der Waals surface area contributed by atoms with E-state index in [4.69, 9.17) is 4.74 Å². The van der Waals surface area contributed by atoms with Gasteiger partial charge in [-0.15, -0.1) is 0 Å². The zero-order valence-corrected chi connectivity index (χ0v) is 10.4. The van der Waals surface area contributed by atoms with Crippen LogP contribution < -0.4 is 5.32 Å². The highest BCUT2D eigenvalue weighted by atomic mass is 16.5. The number of benzene rings is 1. The van der Waals surface area contributed by atoms with Crippen LogP contribution in [0.3, 0.4) is 0 Å². The maximum atomic E-state index is 11.9. The number of hydrogen-bond donors (Lipinski definition) is 1. The average molecular weight is 247 g/mol. The van der Waals surface area contributed by atoms with Gasteiger partial charge in [0, 0.05) is 12.5 Å². The molecule has 1 amide bonds. The minimum Gasteiger partial charge on any atom is -0.466 e. The molecule has 4 nitrogen and oxygen atoms in total. The summed E-state index contributed by atoms with van der Waals surface area (Å²) in [5.41, 5.74) is 0.960.